The fourth-order valence-electron chi connectivity index (χ4n) is 3.96. The van der Waals surface area contributed by atoms with Crippen molar-refractivity contribution in [1.82, 2.24) is 19.8 Å². The molecule has 136 valence electrons. The van der Waals surface area contributed by atoms with Gasteiger partial charge in [0.25, 0.3) is 0 Å². The van der Waals surface area contributed by atoms with Crippen molar-refractivity contribution in [3.63, 3.8) is 0 Å². The van der Waals surface area contributed by atoms with Crippen molar-refractivity contribution in [1.29, 1.82) is 0 Å². The zero-order valence-corrected chi connectivity index (χ0v) is 16.4. The maximum absolute atomic E-state index is 4.65. The van der Waals surface area contributed by atoms with Gasteiger partial charge in [0.1, 0.15) is 0 Å². The topological polar surface area (TPSA) is 32.3 Å². The summed E-state index contributed by atoms with van der Waals surface area (Å²) in [6, 6.07) is 10.7. The Morgan fingerprint density at radius 1 is 1.12 bits per heavy atom. The van der Waals surface area contributed by atoms with E-state index in [9.17, 15) is 0 Å². The molecule has 2 aromatic heterocycles. The number of thiazole rings is 1. The van der Waals surface area contributed by atoms with Crippen molar-refractivity contribution < 1.29 is 0 Å². The Morgan fingerprint density at radius 3 is 2.85 bits per heavy atom. The molecular formula is C21H26N4S. The fourth-order valence-corrected chi connectivity index (χ4v) is 4.77. The molecule has 0 aliphatic carbocycles. The predicted octanol–water partition coefficient (Wildman–Crippen LogP) is 3.61. The molecule has 1 fully saturated rings. The predicted molar refractivity (Wildman–Crippen MR) is 109 cm³/mol. The fraction of sp³-hybridized carbons (Fsp3) is 0.429. The monoisotopic (exact) mass is 366 g/mol. The molecule has 1 atom stereocenters. The summed E-state index contributed by atoms with van der Waals surface area (Å²) in [6.45, 7) is 7.66. The summed E-state index contributed by atoms with van der Waals surface area (Å²) in [6.07, 6.45) is 2.99. The number of aromatic nitrogens is 2. The summed E-state index contributed by atoms with van der Waals surface area (Å²) in [5, 5.41) is 1.24. The highest BCUT2D eigenvalue weighted by Crippen LogP contribution is 2.23. The number of nitrogens with zero attached hydrogens (tertiary/aromatic N) is 4. The number of benzene rings is 1. The lowest BCUT2D eigenvalue weighted by atomic mass is 9.96. The van der Waals surface area contributed by atoms with Crippen molar-refractivity contribution in [2.24, 2.45) is 5.92 Å². The molecule has 0 spiro atoms. The normalized spacial score (nSPS) is 19.7. The zero-order valence-electron chi connectivity index (χ0n) is 15.6. The number of pyridine rings is 1. The maximum Gasteiger partial charge on any atom is 0.0798 e. The van der Waals surface area contributed by atoms with E-state index in [1.165, 1.54) is 21.5 Å². The molecular weight excluding hydrogens is 340 g/mol. The minimum Gasteiger partial charge on any atom is -0.305 e. The highest BCUT2D eigenvalue weighted by molar-refractivity contribution is 7.09. The molecule has 5 heteroatoms. The van der Waals surface area contributed by atoms with E-state index in [1.807, 2.05) is 17.8 Å². The smallest absolute Gasteiger partial charge is 0.0798 e. The van der Waals surface area contributed by atoms with E-state index in [4.69, 9.17) is 0 Å². The molecule has 3 aromatic rings. The van der Waals surface area contributed by atoms with Gasteiger partial charge < -0.3 is 4.90 Å². The summed E-state index contributed by atoms with van der Waals surface area (Å²) in [7, 11) is 2.25. The zero-order chi connectivity index (χ0) is 17.9. The number of rotatable bonds is 4. The van der Waals surface area contributed by atoms with Gasteiger partial charge in [-0.15, -0.1) is 11.3 Å². The molecule has 1 unspecified atom stereocenters. The molecule has 0 amide bonds. The second-order valence-electron chi connectivity index (χ2n) is 7.42. The van der Waals surface area contributed by atoms with Crippen LogP contribution in [-0.2, 0) is 13.0 Å². The number of likely N-dealkylation sites (N-methyl/N-ethyl adjacent to an activating group) is 1. The number of hydrogen-bond donors (Lipinski definition) is 0. The number of hydrogen-bond acceptors (Lipinski definition) is 5. The van der Waals surface area contributed by atoms with Gasteiger partial charge in [-0.1, -0.05) is 24.3 Å². The van der Waals surface area contributed by atoms with Crippen LogP contribution in [0, 0.1) is 12.8 Å². The van der Waals surface area contributed by atoms with Gasteiger partial charge in [-0.25, -0.2) is 4.98 Å². The van der Waals surface area contributed by atoms with E-state index in [2.05, 4.69) is 58.0 Å². The maximum atomic E-state index is 4.65. The summed E-state index contributed by atoms with van der Waals surface area (Å²) in [5.74, 6) is 0.614. The van der Waals surface area contributed by atoms with Crippen molar-refractivity contribution in [3.05, 3.63) is 58.2 Å². The lowest BCUT2D eigenvalue weighted by Crippen LogP contribution is -2.30. The minimum absolute atomic E-state index is 0.614. The second-order valence-corrected chi connectivity index (χ2v) is 8.36. The molecule has 26 heavy (non-hydrogen) atoms. The van der Waals surface area contributed by atoms with Gasteiger partial charge in [0, 0.05) is 49.2 Å². The third kappa shape index (κ3) is 3.95. The van der Waals surface area contributed by atoms with E-state index < -0.39 is 0 Å². The first kappa shape index (κ1) is 17.6. The van der Waals surface area contributed by atoms with Gasteiger partial charge in [0.2, 0.25) is 0 Å². The van der Waals surface area contributed by atoms with E-state index in [0.717, 1.165) is 44.7 Å². The molecule has 1 aliphatic rings. The molecule has 1 saturated heterocycles. The minimum atomic E-state index is 0.614. The average Bonchev–Trinajstić information content (AvgIpc) is 2.95. The highest BCUT2D eigenvalue weighted by atomic mass is 32.1. The molecule has 4 nitrogen and oxygen atoms in total. The van der Waals surface area contributed by atoms with Crippen LogP contribution in [-0.4, -0.2) is 53.0 Å². The van der Waals surface area contributed by atoms with Crippen LogP contribution in [0.3, 0.4) is 0 Å². The van der Waals surface area contributed by atoms with Gasteiger partial charge in [-0.05, 0) is 37.9 Å². The first-order valence-corrected chi connectivity index (χ1v) is 10.2. The summed E-state index contributed by atoms with van der Waals surface area (Å²) >= 11 is 1.78. The van der Waals surface area contributed by atoms with Crippen molar-refractivity contribution in [2.75, 3.05) is 33.2 Å². The number of fused-ring (bicyclic) bond motifs is 1. The van der Waals surface area contributed by atoms with Gasteiger partial charge in [-0.2, -0.15) is 0 Å². The SMILES string of the molecule is Cc1ncsc1CN1CCN(C)CC(Cc2cccc3cccnc23)C1. The summed E-state index contributed by atoms with van der Waals surface area (Å²) in [4.78, 5) is 15.5. The molecule has 1 aliphatic heterocycles. The van der Waals surface area contributed by atoms with Crippen LogP contribution < -0.4 is 0 Å². The van der Waals surface area contributed by atoms with Crippen LogP contribution in [0.1, 0.15) is 16.1 Å². The van der Waals surface area contributed by atoms with Gasteiger partial charge in [0.15, 0.2) is 0 Å². The van der Waals surface area contributed by atoms with Crippen LogP contribution in [0.4, 0.5) is 0 Å². The van der Waals surface area contributed by atoms with Crippen LogP contribution in [0.5, 0.6) is 0 Å². The molecule has 0 bridgehead atoms. The lowest BCUT2D eigenvalue weighted by Gasteiger charge is -2.24. The van der Waals surface area contributed by atoms with Crippen molar-refractivity contribution in [3.8, 4) is 0 Å². The Kier molecular flexibility index (Phi) is 5.29. The third-order valence-corrected chi connectivity index (χ3v) is 6.24. The largest absolute Gasteiger partial charge is 0.305 e. The first-order valence-electron chi connectivity index (χ1n) is 9.31. The Bertz CT molecular complexity index is 870. The Balaban J connectivity index is 1.53. The average molecular weight is 367 g/mol. The van der Waals surface area contributed by atoms with Crippen molar-refractivity contribution in [2.45, 2.75) is 19.9 Å². The number of para-hydroxylation sites is 1. The van der Waals surface area contributed by atoms with Crippen LogP contribution in [0.15, 0.2) is 42.0 Å². The molecule has 0 N–H and O–H groups in total. The second kappa shape index (κ2) is 7.82. The molecule has 4 rings (SSSR count). The van der Waals surface area contributed by atoms with Crippen LogP contribution >= 0.6 is 11.3 Å². The summed E-state index contributed by atoms with van der Waals surface area (Å²) in [5.41, 5.74) is 5.68. The van der Waals surface area contributed by atoms with Gasteiger partial charge >= 0.3 is 0 Å². The highest BCUT2D eigenvalue weighted by Gasteiger charge is 2.23. The Labute approximate surface area is 159 Å². The molecule has 1 aromatic carbocycles. The van der Waals surface area contributed by atoms with E-state index in [-0.39, 0.29) is 0 Å². The molecule has 3 heterocycles. The lowest BCUT2D eigenvalue weighted by molar-refractivity contribution is 0.250. The van der Waals surface area contributed by atoms with Crippen LogP contribution in [0.25, 0.3) is 10.9 Å². The Hall–Kier alpha value is -1.82. The molecule has 0 saturated carbocycles. The van der Waals surface area contributed by atoms with E-state index >= 15 is 0 Å². The quantitative estimate of drug-likeness (QED) is 0.706. The van der Waals surface area contributed by atoms with Crippen LogP contribution in [0.2, 0.25) is 0 Å². The molecule has 0 radical (unpaired) electrons. The van der Waals surface area contributed by atoms with Gasteiger partial charge in [-0.3, -0.25) is 9.88 Å². The van der Waals surface area contributed by atoms with Crippen molar-refractivity contribution >= 4 is 22.2 Å². The first-order chi connectivity index (χ1) is 12.7. The van der Waals surface area contributed by atoms with E-state index in [0.29, 0.717) is 5.92 Å². The summed E-state index contributed by atoms with van der Waals surface area (Å²) < 4.78 is 0. The van der Waals surface area contributed by atoms with Gasteiger partial charge in [0.05, 0.1) is 16.7 Å². The Morgan fingerprint density at radius 2 is 2.00 bits per heavy atom. The standard InChI is InChI=1S/C21H26N4S/c1-16-20(26-15-23-16)14-25-10-9-24(2)12-17(13-25)11-19-6-3-5-18-7-4-8-22-21(18)19/h3-8,15,17H,9-14H2,1-2H3. The third-order valence-electron chi connectivity index (χ3n) is 5.32. The van der Waals surface area contributed by atoms with E-state index in [1.54, 1.807) is 11.3 Å². The number of aryl methyl sites for hydroxylation is 1.